The third-order valence-corrected chi connectivity index (χ3v) is 10.7. The third-order valence-electron chi connectivity index (χ3n) is 9.69. The summed E-state index contributed by atoms with van der Waals surface area (Å²) in [5.74, 6) is -1.12. The normalized spacial score (nSPS) is 22.6. The van der Waals surface area contributed by atoms with Gasteiger partial charge in [-0.15, -0.1) is 0 Å². The lowest BCUT2D eigenvalue weighted by Gasteiger charge is -2.41. The van der Waals surface area contributed by atoms with Gasteiger partial charge in [-0.2, -0.15) is 0 Å². The molecule has 62 heavy (non-hydrogen) atoms. The number of phosphoric ester groups is 1. The monoisotopic (exact) mass is 894 g/mol. The van der Waals surface area contributed by atoms with E-state index in [1.165, 1.54) is 19.3 Å². The number of carbonyl (C=O) groups is 3. The number of esters is 2. The number of aliphatic hydroxyl groups excluding tert-OH is 5. The Balaban J connectivity index is 2.57. The van der Waals surface area contributed by atoms with Crippen molar-refractivity contribution in [2.45, 2.75) is 179 Å². The Bertz CT molecular complexity index is 1470. The van der Waals surface area contributed by atoms with Gasteiger partial charge in [0.15, 0.2) is 11.9 Å². The van der Waals surface area contributed by atoms with Gasteiger partial charge in [0, 0.05) is 19.3 Å². The van der Waals surface area contributed by atoms with Crippen molar-refractivity contribution in [3.63, 3.8) is 0 Å². The molecule has 1 fully saturated rings. The molecule has 0 amide bonds. The number of phosphoric acid groups is 1. The summed E-state index contributed by atoms with van der Waals surface area (Å²) in [5.41, 5.74) is 0. The quantitative estimate of drug-likeness (QED) is 0.00897. The molecule has 0 radical (unpaired) electrons. The molecule has 0 aliphatic heterocycles. The molecular formula is C47H75O14P. The van der Waals surface area contributed by atoms with E-state index >= 15 is 0 Å². The van der Waals surface area contributed by atoms with Crippen LogP contribution in [0.1, 0.15) is 136 Å². The van der Waals surface area contributed by atoms with E-state index in [4.69, 9.17) is 18.5 Å². The predicted molar refractivity (Wildman–Crippen MR) is 240 cm³/mol. The van der Waals surface area contributed by atoms with Gasteiger partial charge in [-0.3, -0.25) is 23.4 Å². The van der Waals surface area contributed by atoms with Crippen molar-refractivity contribution in [2.24, 2.45) is 0 Å². The Hall–Kier alpha value is -3.30. The number of hydrogen-bond donors (Lipinski definition) is 6. The maximum Gasteiger partial charge on any atom is 0.472 e. The average molecular weight is 895 g/mol. The fourth-order valence-electron chi connectivity index (χ4n) is 6.00. The maximum absolute atomic E-state index is 12.8. The highest BCUT2D eigenvalue weighted by molar-refractivity contribution is 7.47. The fraction of sp³-hybridized carbons (Fsp3) is 0.638. The minimum atomic E-state index is -5.16. The lowest BCUT2D eigenvalue weighted by molar-refractivity contribution is -0.220. The van der Waals surface area contributed by atoms with E-state index < -0.39 is 75.7 Å². The topological polar surface area (TPSA) is 227 Å². The molecule has 1 aliphatic carbocycles. The molecule has 1 rings (SSSR count). The smallest absolute Gasteiger partial charge is 0.462 e. The van der Waals surface area contributed by atoms with Crippen LogP contribution < -0.4 is 0 Å². The van der Waals surface area contributed by atoms with Gasteiger partial charge in [0.25, 0.3) is 0 Å². The molecule has 6 N–H and O–H groups in total. The molecule has 0 aromatic rings. The van der Waals surface area contributed by atoms with Gasteiger partial charge >= 0.3 is 19.8 Å². The van der Waals surface area contributed by atoms with Gasteiger partial charge < -0.3 is 39.9 Å². The number of aliphatic hydroxyl groups is 5. The van der Waals surface area contributed by atoms with Crippen LogP contribution in [0.2, 0.25) is 0 Å². The summed E-state index contributed by atoms with van der Waals surface area (Å²) in [7, 11) is -5.16. The number of ketones is 1. The Morgan fingerprint density at radius 2 is 1.02 bits per heavy atom. The van der Waals surface area contributed by atoms with E-state index in [0.717, 1.165) is 51.4 Å². The molecule has 8 atom stereocenters. The van der Waals surface area contributed by atoms with Crippen LogP contribution >= 0.6 is 7.82 Å². The highest BCUT2D eigenvalue weighted by atomic mass is 31.2. The van der Waals surface area contributed by atoms with Crippen molar-refractivity contribution in [2.75, 3.05) is 13.2 Å². The van der Waals surface area contributed by atoms with Gasteiger partial charge in [0.05, 0.1) is 6.61 Å². The van der Waals surface area contributed by atoms with Crippen molar-refractivity contribution >= 4 is 25.5 Å². The molecule has 352 valence electrons. The second-order valence-corrected chi connectivity index (χ2v) is 16.6. The first-order valence-electron chi connectivity index (χ1n) is 22.3. The average Bonchev–Trinajstić information content (AvgIpc) is 3.25. The predicted octanol–water partition coefficient (Wildman–Crippen LogP) is 7.68. The first-order chi connectivity index (χ1) is 29.8. The van der Waals surface area contributed by atoms with Gasteiger partial charge in [0.1, 0.15) is 43.2 Å². The summed E-state index contributed by atoms with van der Waals surface area (Å²) in [6.07, 6.45) is 29.1. The number of unbranched alkanes of at least 4 members (excludes halogenated alkanes) is 8. The van der Waals surface area contributed by atoms with E-state index in [-0.39, 0.29) is 18.6 Å². The third kappa shape index (κ3) is 28.4. The number of hydrogen-bond acceptors (Lipinski definition) is 13. The van der Waals surface area contributed by atoms with Crippen molar-refractivity contribution in [3.05, 3.63) is 85.1 Å². The molecule has 0 heterocycles. The molecule has 0 saturated heterocycles. The van der Waals surface area contributed by atoms with Crippen LogP contribution in [0.5, 0.6) is 0 Å². The fourth-order valence-corrected chi connectivity index (χ4v) is 6.98. The van der Waals surface area contributed by atoms with Crippen LogP contribution in [0.4, 0.5) is 0 Å². The van der Waals surface area contributed by atoms with Crippen molar-refractivity contribution in [3.8, 4) is 0 Å². The van der Waals surface area contributed by atoms with E-state index in [1.807, 2.05) is 42.5 Å². The zero-order valence-corrected chi connectivity index (χ0v) is 37.8. The summed E-state index contributed by atoms with van der Waals surface area (Å²) in [6, 6.07) is 0. The van der Waals surface area contributed by atoms with Crippen molar-refractivity contribution in [1.82, 2.24) is 0 Å². The Morgan fingerprint density at radius 1 is 0.548 bits per heavy atom. The number of ether oxygens (including phenoxy) is 2. The first kappa shape index (κ1) is 56.7. The van der Waals surface area contributed by atoms with Crippen molar-refractivity contribution < 1.29 is 67.9 Å². The second-order valence-electron chi connectivity index (χ2n) is 15.2. The molecule has 1 aliphatic rings. The summed E-state index contributed by atoms with van der Waals surface area (Å²) >= 11 is 0. The molecule has 0 aromatic heterocycles. The zero-order chi connectivity index (χ0) is 45.9. The lowest BCUT2D eigenvalue weighted by Crippen LogP contribution is -2.64. The first-order valence-corrected chi connectivity index (χ1v) is 23.8. The molecule has 3 unspecified atom stereocenters. The second kappa shape index (κ2) is 36.1. The highest BCUT2D eigenvalue weighted by Crippen LogP contribution is 2.47. The number of rotatable bonds is 35. The van der Waals surface area contributed by atoms with Crippen LogP contribution in [0.3, 0.4) is 0 Å². The van der Waals surface area contributed by atoms with Gasteiger partial charge in [-0.25, -0.2) is 4.57 Å². The summed E-state index contributed by atoms with van der Waals surface area (Å²) in [4.78, 5) is 47.3. The molecule has 15 heteroatoms. The van der Waals surface area contributed by atoms with Crippen LogP contribution in [0.25, 0.3) is 0 Å². The van der Waals surface area contributed by atoms with E-state index in [9.17, 15) is 49.4 Å². The van der Waals surface area contributed by atoms with Gasteiger partial charge in [-0.05, 0) is 83.1 Å². The highest BCUT2D eigenvalue weighted by Gasteiger charge is 2.51. The minimum Gasteiger partial charge on any atom is -0.462 e. The van der Waals surface area contributed by atoms with E-state index in [0.29, 0.717) is 38.5 Å². The van der Waals surface area contributed by atoms with Crippen LogP contribution in [0.15, 0.2) is 85.1 Å². The Labute approximate surface area is 369 Å². The van der Waals surface area contributed by atoms with Crippen LogP contribution in [0, 0.1) is 0 Å². The van der Waals surface area contributed by atoms with E-state index in [1.54, 1.807) is 12.2 Å². The molecule has 14 nitrogen and oxygen atoms in total. The number of carbonyl (C=O) groups excluding carboxylic acids is 3. The molecular weight excluding hydrogens is 819 g/mol. The summed E-state index contributed by atoms with van der Waals surface area (Å²) in [5, 5.41) is 50.1. The Morgan fingerprint density at radius 3 is 1.60 bits per heavy atom. The van der Waals surface area contributed by atoms with Crippen LogP contribution in [-0.4, -0.2) is 104 Å². The van der Waals surface area contributed by atoms with Gasteiger partial charge in [-0.1, -0.05) is 119 Å². The summed E-state index contributed by atoms with van der Waals surface area (Å²) in [6.45, 7) is 3.00. The maximum atomic E-state index is 12.8. The van der Waals surface area contributed by atoms with Gasteiger partial charge in [0.2, 0.25) is 0 Å². The minimum absolute atomic E-state index is 0.0195. The molecule has 0 bridgehead atoms. The Kier molecular flexibility index (Phi) is 33.0. The van der Waals surface area contributed by atoms with Crippen LogP contribution in [-0.2, 0) is 37.5 Å². The summed E-state index contributed by atoms with van der Waals surface area (Å²) < 4.78 is 33.3. The SMILES string of the molecule is CCCCC/C=C\C/C=C\C/C=C\CCCCC(=O)O[C@H](COC(=O)CCC/C=C\C/C=C\C/C=C\C=C\C(=O)CCCCC)COP(=O)(O)OC1[C@H](O)[C@H](O)C(O)[C@H](O)[C@H]1O. The molecule has 0 spiro atoms. The molecule has 0 aromatic carbocycles. The largest absolute Gasteiger partial charge is 0.472 e. The molecule has 1 saturated carbocycles. The number of allylic oxidation sites excluding steroid dienone is 14. The van der Waals surface area contributed by atoms with E-state index in [2.05, 4.69) is 44.2 Å². The lowest BCUT2D eigenvalue weighted by atomic mass is 9.85. The van der Waals surface area contributed by atoms with Crippen molar-refractivity contribution in [1.29, 1.82) is 0 Å². The zero-order valence-electron chi connectivity index (χ0n) is 36.9. The standard InChI is InChI=1S/C47H75O14P/c1-3-5-7-8-9-10-11-12-13-14-17-21-24-27-31-35-41(50)60-39(37-59-62(56,57)61-47-45(54)43(52)42(51)44(53)46(47)55)36-58-40(49)34-30-26-23-20-18-15-16-19-22-25-29-33-38(48)32-28-6-4-2/h9-10,12-13,15-17,20-23,25,29,33,39,42-47,51-55H,3-8,11,14,18-19,24,26-28,30-32,34-37H2,1-2H3,(H,56,57)/b10-9-,13-12-,16-15-,21-17-,23-20-,25-22-,33-29+/t39-,42?,43-,44+,45-,46-,47?/m1/s1.